The predicted molar refractivity (Wildman–Crippen MR) is 128 cm³/mol. The number of hydrogen-bond acceptors (Lipinski definition) is 6. The summed E-state index contributed by atoms with van der Waals surface area (Å²) in [6.45, 7) is 12.4. The van der Waals surface area contributed by atoms with Gasteiger partial charge in [0.2, 0.25) is 5.62 Å². The molecule has 174 valence electrons. The number of nitrogens with zero attached hydrogens (tertiary/aromatic N) is 4. The maximum Gasteiger partial charge on any atom is 0.228 e. The second-order valence-corrected chi connectivity index (χ2v) is 9.13. The van der Waals surface area contributed by atoms with E-state index in [1.807, 2.05) is 44.2 Å². The minimum atomic E-state index is -0.340. The number of rotatable bonds is 9. The molecule has 0 radical (unpaired) electrons. The SMILES string of the molecule is CC(C)c1[nH]nc2c(NC(CO)c3ccccc3)nc(=NC(CO)C(C)C)n(C(C)C)c12. The standard InChI is InChI=1S/C24H36N6O2/c1-14(2)18(12-31)26-24-27-23(25-19(13-32)17-10-8-7-9-11-17)21-22(30(24)16(5)6)20(15(3)4)28-29-21/h7-11,14-16,18-19,31-32H,12-13H2,1-6H3,(H,28,29)(H,25,26,27). The third-order valence-corrected chi connectivity index (χ3v) is 5.69. The number of aliphatic hydroxyl groups is 2. The van der Waals surface area contributed by atoms with Gasteiger partial charge in [-0.05, 0) is 31.2 Å². The fourth-order valence-corrected chi connectivity index (χ4v) is 3.78. The highest BCUT2D eigenvalue weighted by Gasteiger charge is 2.23. The normalized spacial score (nSPS) is 14.7. The van der Waals surface area contributed by atoms with Crippen LogP contribution in [-0.2, 0) is 0 Å². The number of aliphatic hydroxyl groups excluding tert-OH is 2. The van der Waals surface area contributed by atoms with Crippen molar-refractivity contribution in [1.82, 2.24) is 19.7 Å². The van der Waals surface area contributed by atoms with Crippen LogP contribution in [0.3, 0.4) is 0 Å². The smallest absolute Gasteiger partial charge is 0.228 e. The Morgan fingerprint density at radius 1 is 1.03 bits per heavy atom. The first-order chi connectivity index (χ1) is 15.3. The molecule has 0 spiro atoms. The van der Waals surface area contributed by atoms with Gasteiger partial charge in [0, 0.05) is 6.04 Å². The first-order valence-corrected chi connectivity index (χ1v) is 11.4. The maximum absolute atomic E-state index is 10.1. The van der Waals surface area contributed by atoms with Gasteiger partial charge in [0.05, 0.1) is 36.5 Å². The molecule has 0 aliphatic carbocycles. The van der Waals surface area contributed by atoms with E-state index in [1.54, 1.807) is 0 Å². The number of anilines is 1. The van der Waals surface area contributed by atoms with Gasteiger partial charge >= 0.3 is 0 Å². The Bertz CT molecular complexity index is 1090. The van der Waals surface area contributed by atoms with Crippen LogP contribution in [0.1, 0.15) is 70.8 Å². The summed E-state index contributed by atoms with van der Waals surface area (Å²) in [5.74, 6) is 0.940. The summed E-state index contributed by atoms with van der Waals surface area (Å²) in [7, 11) is 0. The number of nitrogens with one attached hydrogen (secondary N) is 2. The Morgan fingerprint density at radius 3 is 2.25 bits per heavy atom. The first-order valence-electron chi connectivity index (χ1n) is 11.4. The molecule has 2 atom stereocenters. The minimum Gasteiger partial charge on any atom is -0.394 e. The zero-order chi connectivity index (χ0) is 23.4. The fourth-order valence-electron chi connectivity index (χ4n) is 3.78. The molecule has 1 aromatic carbocycles. The quantitative estimate of drug-likeness (QED) is 0.407. The summed E-state index contributed by atoms with van der Waals surface area (Å²) in [6, 6.07) is 9.26. The number of benzene rings is 1. The molecule has 2 unspecified atom stereocenters. The van der Waals surface area contributed by atoms with E-state index in [-0.39, 0.29) is 43.2 Å². The van der Waals surface area contributed by atoms with Gasteiger partial charge in [-0.15, -0.1) is 0 Å². The molecule has 0 aliphatic heterocycles. The summed E-state index contributed by atoms with van der Waals surface area (Å²) < 4.78 is 2.08. The largest absolute Gasteiger partial charge is 0.394 e. The van der Waals surface area contributed by atoms with Crippen molar-refractivity contribution < 1.29 is 10.2 Å². The number of aromatic nitrogens is 4. The Morgan fingerprint density at radius 2 is 1.72 bits per heavy atom. The summed E-state index contributed by atoms with van der Waals surface area (Å²) in [5.41, 5.74) is 4.15. The molecule has 0 amide bonds. The zero-order valence-electron chi connectivity index (χ0n) is 19.9. The lowest BCUT2D eigenvalue weighted by molar-refractivity contribution is 0.235. The van der Waals surface area contributed by atoms with Crippen LogP contribution in [0.5, 0.6) is 0 Å². The Labute approximate surface area is 189 Å². The molecule has 32 heavy (non-hydrogen) atoms. The van der Waals surface area contributed by atoms with E-state index in [9.17, 15) is 10.2 Å². The molecule has 0 fully saturated rings. The van der Waals surface area contributed by atoms with Crippen molar-refractivity contribution in [3.8, 4) is 0 Å². The molecule has 4 N–H and O–H groups in total. The topological polar surface area (TPSA) is 111 Å². The second kappa shape index (κ2) is 10.3. The van der Waals surface area contributed by atoms with Gasteiger partial charge in [0.15, 0.2) is 11.3 Å². The van der Waals surface area contributed by atoms with E-state index < -0.39 is 0 Å². The molecule has 3 rings (SSSR count). The van der Waals surface area contributed by atoms with Gasteiger partial charge in [-0.1, -0.05) is 58.0 Å². The summed E-state index contributed by atoms with van der Waals surface area (Å²) in [6.07, 6.45) is 0. The van der Waals surface area contributed by atoms with Gasteiger partial charge in [-0.25, -0.2) is 4.99 Å². The van der Waals surface area contributed by atoms with Crippen molar-refractivity contribution >= 4 is 16.9 Å². The van der Waals surface area contributed by atoms with Crippen molar-refractivity contribution in [2.24, 2.45) is 10.9 Å². The zero-order valence-corrected chi connectivity index (χ0v) is 19.9. The summed E-state index contributed by atoms with van der Waals surface area (Å²) in [4.78, 5) is 9.71. The molecule has 2 heterocycles. The van der Waals surface area contributed by atoms with E-state index in [4.69, 9.17) is 9.98 Å². The molecule has 8 nitrogen and oxygen atoms in total. The molecule has 3 aromatic rings. The van der Waals surface area contributed by atoms with E-state index >= 15 is 0 Å². The highest BCUT2D eigenvalue weighted by Crippen LogP contribution is 2.29. The van der Waals surface area contributed by atoms with Crippen molar-refractivity contribution in [1.29, 1.82) is 0 Å². The summed E-state index contributed by atoms with van der Waals surface area (Å²) in [5, 5.41) is 31.2. The third-order valence-electron chi connectivity index (χ3n) is 5.69. The van der Waals surface area contributed by atoms with Crippen molar-refractivity contribution in [3.05, 3.63) is 47.2 Å². The monoisotopic (exact) mass is 440 g/mol. The maximum atomic E-state index is 10.1. The van der Waals surface area contributed by atoms with E-state index in [1.165, 1.54) is 0 Å². The van der Waals surface area contributed by atoms with Crippen molar-refractivity contribution in [3.63, 3.8) is 0 Å². The van der Waals surface area contributed by atoms with Gasteiger partial charge in [-0.2, -0.15) is 10.1 Å². The highest BCUT2D eigenvalue weighted by atomic mass is 16.3. The van der Waals surface area contributed by atoms with E-state index in [0.717, 1.165) is 16.8 Å². The lowest BCUT2D eigenvalue weighted by atomic mass is 10.1. The average molecular weight is 441 g/mol. The molecule has 8 heteroatoms. The number of hydrogen-bond donors (Lipinski definition) is 4. The van der Waals surface area contributed by atoms with Crippen LogP contribution in [0.2, 0.25) is 0 Å². The second-order valence-electron chi connectivity index (χ2n) is 9.13. The Hall–Kier alpha value is -2.71. The van der Waals surface area contributed by atoms with Crippen LogP contribution in [-0.4, -0.2) is 49.2 Å². The summed E-state index contributed by atoms with van der Waals surface area (Å²) >= 11 is 0. The molecule has 0 saturated heterocycles. The number of fused-ring (bicyclic) bond motifs is 1. The molecule has 2 aromatic heterocycles. The lowest BCUT2D eigenvalue weighted by Gasteiger charge is -2.21. The van der Waals surface area contributed by atoms with Crippen LogP contribution in [0.25, 0.3) is 11.0 Å². The Kier molecular flexibility index (Phi) is 7.69. The predicted octanol–water partition coefficient (Wildman–Crippen LogP) is 3.53. The number of aromatic amines is 1. The highest BCUT2D eigenvalue weighted by molar-refractivity contribution is 5.87. The van der Waals surface area contributed by atoms with Crippen LogP contribution >= 0.6 is 0 Å². The van der Waals surface area contributed by atoms with Gasteiger partial charge in [0.25, 0.3) is 0 Å². The van der Waals surface area contributed by atoms with Crippen molar-refractivity contribution in [2.45, 2.75) is 65.6 Å². The molecule has 0 aliphatic rings. The molecular formula is C24H36N6O2. The van der Waals surface area contributed by atoms with E-state index in [2.05, 4.69) is 47.8 Å². The lowest BCUT2D eigenvalue weighted by Crippen LogP contribution is -2.32. The minimum absolute atomic E-state index is 0.0516. The van der Waals surface area contributed by atoms with Gasteiger partial charge in [-0.3, -0.25) is 5.10 Å². The van der Waals surface area contributed by atoms with Gasteiger partial charge in [0.1, 0.15) is 0 Å². The first kappa shape index (κ1) is 23.9. The molecular weight excluding hydrogens is 404 g/mol. The van der Waals surface area contributed by atoms with Crippen LogP contribution in [0.15, 0.2) is 35.3 Å². The average Bonchev–Trinajstić information content (AvgIpc) is 3.21. The van der Waals surface area contributed by atoms with Crippen molar-refractivity contribution in [2.75, 3.05) is 18.5 Å². The molecule has 0 bridgehead atoms. The van der Waals surface area contributed by atoms with Crippen LogP contribution in [0, 0.1) is 5.92 Å². The third kappa shape index (κ3) is 4.86. The van der Waals surface area contributed by atoms with Crippen LogP contribution in [0.4, 0.5) is 5.82 Å². The number of H-pyrrole nitrogens is 1. The fraction of sp³-hybridized carbons (Fsp3) is 0.542. The molecule has 0 saturated carbocycles. The Balaban J connectivity index is 2.29. The van der Waals surface area contributed by atoms with Gasteiger partial charge < -0.3 is 20.1 Å². The van der Waals surface area contributed by atoms with Crippen LogP contribution < -0.4 is 10.9 Å². The van der Waals surface area contributed by atoms with E-state index in [0.29, 0.717) is 17.0 Å².